The van der Waals surface area contributed by atoms with Gasteiger partial charge in [-0.1, -0.05) is 23.8 Å². The van der Waals surface area contributed by atoms with Gasteiger partial charge in [-0.15, -0.1) is 0 Å². The summed E-state index contributed by atoms with van der Waals surface area (Å²) in [5, 5.41) is 14.9. The van der Waals surface area contributed by atoms with Gasteiger partial charge in [0.2, 0.25) is 0 Å². The number of nitro groups is 1. The fourth-order valence-corrected chi connectivity index (χ4v) is 3.71. The fourth-order valence-electron chi connectivity index (χ4n) is 3.53. The van der Waals surface area contributed by atoms with Crippen LogP contribution in [0.1, 0.15) is 19.8 Å². The van der Waals surface area contributed by atoms with E-state index in [1.807, 2.05) is 0 Å². The molecule has 2 aliphatic carbocycles. The number of fused-ring (bicyclic) bond motifs is 2. The molecule has 3 rings (SSSR count). The second kappa shape index (κ2) is 5.09. The van der Waals surface area contributed by atoms with E-state index in [1.165, 1.54) is 18.9 Å². The normalized spacial score (nSPS) is 28.6. The van der Waals surface area contributed by atoms with Gasteiger partial charge in [0.05, 0.1) is 4.92 Å². The Balaban J connectivity index is 1.79. The summed E-state index contributed by atoms with van der Waals surface area (Å²) in [5.41, 5.74) is 0.599. The maximum atomic E-state index is 11.1. The van der Waals surface area contributed by atoms with Crippen molar-refractivity contribution < 1.29 is 4.92 Å². The van der Waals surface area contributed by atoms with Crippen molar-refractivity contribution in [3.05, 3.63) is 45.5 Å². The lowest BCUT2D eigenvalue weighted by Gasteiger charge is -2.27. The van der Waals surface area contributed by atoms with Gasteiger partial charge < -0.3 is 5.32 Å². The summed E-state index contributed by atoms with van der Waals surface area (Å²) in [7, 11) is 0. The number of rotatable bonds is 4. The van der Waals surface area contributed by atoms with E-state index in [2.05, 4.69) is 24.4 Å². The second-order valence-electron chi connectivity index (χ2n) is 5.80. The molecule has 2 bridgehead atoms. The molecular weight excluding hydrogens is 276 g/mol. The maximum Gasteiger partial charge on any atom is 0.292 e. The van der Waals surface area contributed by atoms with Gasteiger partial charge in [0.25, 0.3) is 5.69 Å². The maximum absolute atomic E-state index is 11.1. The van der Waals surface area contributed by atoms with Crippen LogP contribution in [-0.4, -0.2) is 11.0 Å². The van der Waals surface area contributed by atoms with Crippen LogP contribution in [0, 0.1) is 27.9 Å². The Morgan fingerprint density at radius 2 is 2.20 bits per heavy atom. The summed E-state index contributed by atoms with van der Waals surface area (Å²) in [6, 6.07) is 4.85. The molecule has 0 heterocycles. The van der Waals surface area contributed by atoms with E-state index in [0.717, 1.165) is 0 Å². The topological polar surface area (TPSA) is 55.2 Å². The van der Waals surface area contributed by atoms with Crippen molar-refractivity contribution in [1.29, 1.82) is 0 Å². The van der Waals surface area contributed by atoms with Crippen molar-refractivity contribution in [2.45, 2.75) is 25.8 Å². The number of anilines is 1. The van der Waals surface area contributed by atoms with Gasteiger partial charge in [-0.2, -0.15) is 0 Å². The lowest BCUT2D eigenvalue weighted by atomic mass is 9.87. The first kappa shape index (κ1) is 13.4. The number of nitrogens with zero attached hydrogens (tertiary/aromatic N) is 1. The first-order valence-electron chi connectivity index (χ1n) is 6.93. The quantitative estimate of drug-likeness (QED) is 0.512. The Bertz CT molecular complexity index is 573. The number of allylic oxidation sites excluding steroid dienone is 2. The van der Waals surface area contributed by atoms with Gasteiger partial charge in [0.15, 0.2) is 0 Å². The Morgan fingerprint density at radius 1 is 1.40 bits per heavy atom. The van der Waals surface area contributed by atoms with Crippen LogP contribution in [0.3, 0.4) is 0 Å². The van der Waals surface area contributed by atoms with E-state index >= 15 is 0 Å². The minimum atomic E-state index is -0.369. The van der Waals surface area contributed by atoms with E-state index in [0.29, 0.717) is 28.5 Å². The molecule has 4 nitrogen and oxygen atoms in total. The Labute approximate surface area is 123 Å². The molecule has 4 atom stereocenters. The SMILES string of the molecule is CC(Nc1cc(Cl)ccc1[N+](=O)[O-])C1CC2C=CC1C2. The van der Waals surface area contributed by atoms with Crippen LogP contribution >= 0.6 is 11.6 Å². The first-order chi connectivity index (χ1) is 9.54. The predicted molar refractivity (Wildman–Crippen MR) is 80.0 cm³/mol. The highest BCUT2D eigenvalue weighted by Crippen LogP contribution is 2.45. The minimum Gasteiger partial charge on any atom is -0.377 e. The molecule has 1 fully saturated rings. The van der Waals surface area contributed by atoms with Crippen LogP contribution in [0.25, 0.3) is 0 Å². The number of hydrogen-bond acceptors (Lipinski definition) is 3. The van der Waals surface area contributed by atoms with Crippen molar-refractivity contribution >= 4 is 23.0 Å². The molecule has 1 N–H and O–H groups in total. The highest BCUT2D eigenvalue weighted by molar-refractivity contribution is 6.31. The zero-order valence-corrected chi connectivity index (χ0v) is 12.0. The zero-order chi connectivity index (χ0) is 14.3. The van der Waals surface area contributed by atoms with E-state index in [-0.39, 0.29) is 16.7 Å². The highest BCUT2D eigenvalue weighted by Gasteiger charge is 2.38. The van der Waals surface area contributed by atoms with E-state index in [9.17, 15) is 10.1 Å². The molecule has 1 aromatic carbocycles. The van der Waals surface area contributed by atoms with Crippen LogP contribution in [0.5, 0.6) is 0 Å². The molecule has 0 aliphatic heterocycles. The monoisotopic (exact) mass is 292 g/mol. The molecule has 20 heavy (non-hydrogen) atoms. The summed E-state index contributed by atoms with van der Waals surface area (Å²) < 4.78 is 0. The van der Waals surface area contributed by atoms with Crippen LogP contribution in [0.4, 0.5) is 11.4 Å². The van der Waals surface area contributed by atoms with Gasteiger partial charge in [-0.3, -0.25) is 10.1 Å². The van der Waals surface area contributed by atoms with Crippen molar-refractivity contribution in [3.63, 3.8) is 0 Å². The van der Waals surface area contributed by atoms with Gasteiger partial charge >= 0.3 is 0 Å². The van der Waals surface area contributed by atoms with Crippen LogP contribution < -0.4 is 5.32 Å². The summed E-state index contributed by atoms with van der Waals surface area (Å²) in [5.74, 6) is 1.85. The summed E-state index contributed by atoms with van der Waals surface area (Å²) >= 11 is 5.95. The molecular formula is C15H17ClN2O2. The third kappa shape index (κ3) is 2.40. The largest absolute Gasteiger partial charge is 0.377 e. The Kier molecular flexibility index (Phi) is 3.42. The standard InChI is InChI=1S/C15H17ClN2O2/c1-9(13-7-10-2-3-11(13)6-10)17-14-8-12(16)4-5-15(14)18(19)20/h2-5,8-11,13,17H,6-7H2,1H3. The fraction of sp³-hybridized carbons (Fsp3) is 0.467. The number of benzene rings is 1. The summed E-state index contributed by atoms with van der Waals surface area (Å²) in [6.45, 7) is 2.10. The first-order valence-corrected chi connectivity index (χ1v) is 7.31. The van der Waals surface area contributed by atoms with Gasteiger partial charge in [0.1, 0.15) is 5.69 Å². The van der Waals surface area contributed by atoms with Gasteiger partial charge in [-0.05, 0) is 49.7 Å². The molecule has 0 amide bonds. The smallest absolute Gasteiger partial charge is 0.292 e. The molecule has 1 aromatic rings. The summed E-state index contributed by atoms with van der Waals surface area (Å²) in [4.78, 5) is 10.7. The predicted octanol–water partition coefficient (Wildman–Crippen LogP) is 4.26. The highest BCUT2D eigenvalue weighted by atomic mass is 35.5. The zero-order valence-electron chi connectivity index (χ0n) is 11.3. The number of nitro benzene ring substituents is 1. The third-order valence-electron chi connectivity index (χ3n) is 4.51. The van der Waals surface area contributed by atoms with Gasteiger partial charge in [0, 0.05) is 17.1 Å². The third-order valence-corrected chi connectivity index (χ3v) is 4.75. The van der Waals surface area contributed by atoms with E-state index in [1.54, 1.807) is 12.1 Å². The Hall–Kier alpha value is -1.55. The molecule has 4 unspecified atom stereocenters. The molecule has 0 aromatic heterocycles. The van der Waals surface area contributed by atoms with Crippen molar-refractivity contribution in [2.24, 2.45) is 17.8 Å². The Morgan fingerprint density at radius 3 is 2.80 bits per heavy atom. The van der Waals surface area contributed by atoms with Crippen molar-refractivity contribution in [1.82, 2.24) is 0 Å². The molecule has 2 aliphatic rings. The van der Waals surface area contributed by atoms with Crippen molar-refractivity contribution in [2.75, 3.05) is 5.32 Å². The molecule has 106 valence electrons. The van der Waals surface area contributed by atoms with E-state index < -0.39 is 0 Å². The van der Waals surface area contributed by atoms with Crippen LogP contribution in [0.15, 0.2) is 30.4 Å². The lowest BCUT2D eigenvalue weighted by Crippen LogP contribution is -2.29. The van der Waals surface area contributed by atoms with E-state index in [4.69, 9.17) is 11.6 Å². The molecule has 1 saturated carbocycles. The number of hydrogen-bond donors (Lipinski definition) is 1. The lowest BCUT2D eigenvalue weighted by molar-refractivity contribution is -0.384. The minimum absolute atomic E-state index is 0.0833. The number of halogens is 1. The van der Waals surface area contributed by atoms with Gasteiger partial charge in [-0.25, -0.2) is 0 Å². The molecule has 0 saturated heterocycles. The summed E-state index contributed by atoms with van der Waals surface area (Å²) in [6.07, 6.45) is 7.00. The van der Waals surface area contributed by atoms with Crippen LogP contribution in [0.2, 0.25) is 5.02 Å². The molecule has 0 spiro atoms. The molecule has 0 radical (unpaired) electrons. The average Bonchev–Trinajstić information content (AvgIpc) is 3.00. The number of nitrogens with one attached hydrogen (secondary N) is 1. The average molecular weight is 293 g/mol. The molecule has 5 heteroatoms. The second-order valence-corrected chi connectivity index (χ2v) is 6.23. The van der Waals surface area contributed by atoms with Crippen molar-refractivity contribution in [3.8, 4) is 0 Å². The van der Waals surface area contributed by atoms with Crippen LogP contribution in [-0.2, 0) is 0 Å².